The number of carbonyl (C=O) groups is 2. The number of anilines is 2. The quantitative estimate of drug-likeness (QED) is 0.452. The number of alkyl halides is 3. The van der Waals surface area contributed by atoms with Gasteiger partial charge < -0.3 is 15.4 Å². The number of nitrogens with one attached hydrogen (secondary N) is 2. The Balaban J connectivity index is 1.99. The molecule has 0 bridgehead atoms. The molecule has 0 aliphatic heterocycles. The second-order valence-corrected chi connectivity index (χ2v) is 6.25. The number of ether oxygens (including phenoxy) is 1. The van der Waals surface area contributed by atoms with E-state index in [0.717, 1.165) is 31.0 Å². The maximum Gasteiger partial charge on any atom is 0.416 e. The summed E-state index contributed by atoms with van der Waals surface area (Å²) in [5.74, 6) is -0.472. The van der Waals surface area contributed by atoms with Crippen LogP contribution in [-0.4, -0.2) is 18.6 Å². The largest absolute Gasteiger partial charge is 0.462 e. The van der Waals surface area contributed by atoms with Gasteiger partial charge in [0.25, 0.3) is 0 Å². The van der Waals surface area contributed by atoms with Gasteiger partial charge in [-0.3, -0.25) is 0 Å². The van der Waals surface area contributed by atoms with E-state index in [1.165, 1.54) is 24.3 Å². The van der Waals surface area contributed by atoms with Gasteiger partial charge in [0.1, 0.15) is 0 Å². The van der Waals surface area contributed by atoms with Gasteiger partial charge in [-0.2, -0.15) is 13.2 Å². The van der Waals surface area contributed by atoms with Crippen LogP contribution < -0.4 is 10.6 Å². The Morgan fingerprint density at radius 2 is 1.75 bits per heavy atom. The highest BCUT2D eigenvalue weighted by molar-refractivity contribution is 6.33. The molecule has 0 heterocycles. The monoisotopic (exact) mass is 414 g/mol. The number of hydrogen-bond acceptors (Lipinski definition) is 3. The first-order chi connectivity index (χ1) is 13.2. The normalized spacial score (nSPS) is 11.0. The fourth-order valence-corrected chi connectivity index (χ4v) is 2.33. The number of halogens is 4. The minimum absolute atomic E-state index is 0.0340. The van der Waals surface area contributed by atoms with Crippen molar-refractivity contribution in [1.29, 1.82) is 0 Å². The van der Waals surface area contributed by atoms with Gasteiger partial charge in [-0.15, -0.1) is 0 Å². The zero-order valence-corrected chi connectivity index (χ0v) is 15.7. The number of benzene rings is 2. The van der Waals surface area contributed by atoms with Crippen LogP contribution in [0.25, 0.3) is 0 Å². The highest BCUT2D eigenvalue weighted by atomic mass is 35.5. The Morgan fingerprint density at radius 1 is 1.07 bits per heavy atom. The van der Waals surface area contributed by atoms with E-state index in [1.54, 1.807) is 0 Å². The first kappa shape index (κ1) is 21.6. The summed E-state index contributed by atoms with van der Waals surface area (Å²) in [6, 6.07) is 7.75. The number of esters is 1. The van der Waals surface area contributed by atoms with E-state index < -0.39 is 23.7 Å². The van der Waals surface area contributed by atoms with Gasteiger partial charge in [-0.25, -0.2) is 9.59 Å². The molecular weight excluding hydrogens is 397 g/mol. The van der Waals surface area contributed by atoms with Gasteiger partial charge in [0, 0.05) is 5.69 Å². The van der Waals surface area contributed by atoms with Crippen LogP contribution >= 0.6 is 11.6 Å². The molecule has 9 heteroatoms. The predicted octanol–water partition coefficient (Wildman–Crippen LogP) is 5.96. The van der Waals surface area contributed by atoms with Gasteiger partial charge in [0.2, 0.25) is 0 Å². The van der Waals surface area contributed by atoms with Gasteiger partial charge in [-0.1, -0.05) is 24.9 Å². The van der Waals surface area contributed by atoms with Crippen molar-refractivity contribution in [1.82, 2.24) is 0 Å². The molecule has 2 N–H and O–H groups in total. The molecule has 2 amide bonds. The number of amides is 2. The van der Waals surface area contributed by atoms with Crippen molar-refractivity contribution in [3.63, 3.8) is 0 Å². The third-order valence-corrected chi connectivity index (χ3v) is 3.98. The highest BCUT2D eigenvalue weighted by Crippen LogP contribution is 2.33. The number of hydrogen-bond donors (Lipinski definition) is 2. The number of rotatable bonds is 6. The van der Waals surface area contributed by atoms with Crippen LogP contribution in [-0.2, 0) is 10.9 Å². The second-order valence-electron chi connectivity index (χ2n) is 5.84. The molecule has 2 rings (SSSR count). The van der Waals surface area contributed by atoms with Crippen LogP contribution in [0.2, 0.25) is 5.02 Å². The molecular formula is C19H18ClF3N2O3. The average molecular weight is 415 g/mol. The Hall–Kier alpha value is -2.74. The average Bonchev–Trinajstić information content (AvgIpc) is 2.63. The van der Waals surface area contributed by atoms with Gasteiger partial charge in [-0.05, 0) is 48.9 Å². The molecule has 0 unspecified atom stereocenters. The summed E-state index contributed by atoms with van der Waals surface area (Å²) in [4.78, 5) is 23.9. The summed E-state index contributed by atoms with van der Waals surface area (Å²) in [7, 11) is 0. The minimum atomic E-state index is -4.56. The lowest BCUT2D eigenvalue weighted by molar-refractivity contribution is -0.137. The lowest BCUT2D eigenvalue weighted by Gasteiger charge is -2.12. The van der Waals surface area contributed by atoms with E-state index in [1.807, 2.05) is 6.92 Å². The minimum Gasteiger partial charge on any atom is -0.462 e. The van der Waals surface area contributed by atoms with E-state index in [-0.39, 0.29) is 10.7 Å². The zero-order chi connectivity index (χ0) is 20.7. The van der Waals surface area contributed by atoms with Crippen molar-refractivity contribution in [3.8, 4) is 0 Å². The van der Waals surface area contributed by atoms with Crippen molar-refractivity contribution in [3.05, 3.63) is 58.6 Å². The van der Waals surface area contributed by atoms with E-state index in [9.17, 15) is 22.8 Å². The Labute approximate surface area is 164 Å². The number of urea groups is 1. The summed E-state index contributed by atoms with van der Waals surface area (Å²) in [5, 5.41) is 4.69. The third kappa shape index (κ3) is 6.16. The smallest absolute Gasteiger partial charge is 0.416 e. The van der Waals surface area contributed by atoms with Gasteiger partial charge in [0.05, 0.1) is 28.4 Å². The first-order valence-corrected chi connectivity index (χ1v) is 8.80. The molecule has 0 radical (unpaired) electrons. The van der Waals surface area contributed by atoms with Crippen LogP contribution in [0.5, 0.6) is 0 Å². The molecule has 0 saturated carbocycles. The van der Waals surface area contributed by atoms with Crippen LogP contribution in [0.4, 0.5) is 29.3 Å². The lowest BCUT2D eigenvalue weighted by Crippen LogP contribution is -2.20. The van der Waals surface area contributed by atoms with Crippen molar-refractivity contribution >= 4 is 35.0 Å². The molecule has 5 nitrogen and oxygen atoms in total. The van der Waals surface area contributed by atoms with Crippen molar-refractivity contribution < 1.29 is 27.5 Å². The molecule has 0 atom stereocenters. The maximum absolute atomic E-state index is 12.8. The SMILES string of the molecule is CCCCOC(=O)c1ccc(NC(=O)Nc2cc(C(F)(F)F)ccc2Cl)cc1. The molecule has 150 valence electrons. The maximum atomic E-state index is 12.8. The first-order valence-electron chi connectivity index (χ1n) is 8.42. The molecule has 0 aliphatic carbocycles. The van der Waals surface area contributed by atoms with Crippen LogP contribution in [0, 0.1) is 0 Å². The molecule has 0 aliphatic rings. The van der Waals surface area contributed by atoms with Crippen molar-refractivity contribution in [2.24, 2.45) is 0 Å². The molecule has 28 heavy (non-hydrogen) atoms. The Morgan fingerprint density at radius 3 is 2.36 bits per heavy atom. The fraction of sp³-hybridized carbons (Fsp3) is 0.263. The van der Waals surface area contributed by atoms with E-state index in [4.69, 9.17) is 16.3 Å². The van der Waals surface area contributed by atoms with Crippen molar-refractivity contribution in [2.75, 3.05) is 17.2 Å². The van der Waals surface area contributed by atoms with Crippen LogP contribution in [0.15, 0.2) is 42.5 Å². The predicted molar refractivity (Wildman–Crippen MR) is 101 cm³/mol. The summed E-state index contributed by atoms with van der Waals surface area (Å²) < 4.78 is 43.4. The van der Waals surface area contributed by atoms with Gasteiger partial charge >= 0.3 is 18.2 Å². The highest BCUT2D eigenvalue weighted by Gasteiger charge is 2.31. The van der Waals surface area contributed by atoms with Crippen molar-refractivity contribution in [2.45, 2.75) is 25.9 Å². The number of carbonyl (C=O) groups excluding carboxylic acids is 2. The molecule has 2 aromatic rings. The molecule has 2 aromatic carbocycles. The van der Waals surface area contributed by atoms with E-state index in [2.05, 4.69) is 10.6 Å². The van der Waals surface area contributed by atoms with E-state index in [0.29, 0.717) is 17.9 Å². The molecule has 0 spiro atoms. The topological polar surface area (TPSA) is 67.4 Å². The van der Waals surface area contributed by atoms with Crippen LogP contribution in [0.1, 0.15) is 35.7 Å². The molecule has 0 fully saturated rings. The Kier molecular flexibility index (Phi) is 7.28. The summed E-state index contributed by atoms with van der Waals surface area (Å²) in [5.41, 5.74) is -0.447. The zero-order valence-electron chi connectivity index (χ0n) is 14.9. The third-order valence-electron chi connectivity index (χ3n) is 3.65. The summed E-state index contributed by atoms with van der Waals surface area (Å²) in [6.07, 6.45) is -2.89. The van der Waals surface area contributed by atoms with Crippen LogP contribution in [0.3, 0.4) is 0 Å². The lowest BCUT2D eigenvalue weighted by atomic mass is 10.2. The Bertz CT molecular complexity index is 839. The van der Waals surface area contributed by atoms with Gasteiger partial charge in [0.15, 0.2) is 0 Å². The fourth-order valence-electron chi connectivity index (χ4n) is 2.16. The summed E-state index contributed by atoms with van der Waals surface area (Å²) in [6.45, 7) is 2.31. The molecule has 0 aromatic heterocycles. The standard InChI is InChI=1S/C19H18ClF3N2O3/c1-2-3-10-28-17(26)12-4-7-14(8-5-12)24-18(27)25-16-11-13(19(21,22)23)6-9-15(16)20/h4-9,11H,2-3,10H2,1H3,(H2,24,25,27). The van der Waals surface area contributed by atoms with E-state index >= 15 is 0 Å². The second kappa shape index (κ2) is 9.45. The molecule has 0 saturated heterocycles. The number of unbranched alkanes of at least 4 members (excludes halogenated alkanes) is 1. The summed E-state index contributed by atoms with van der Waals surface area (Å²) >= 11 is 5.84.